The number of amides is 1. The molecule has 0 spiro atoms. The van der Waals surface area contributed by atoms with Gasteiger partial charge in [0.15, 0.2) is 0 Å². The van der Waals surface area contributed by atoms with Gasteiger partial charge in [0.25, 0.3) is 5.91 Å². The summed E-state index contributed by atoms with van der Waals surface area (Å²) in [6.07, 6.45) is 0.619. The Kier molecular flexibility index (Phi) is 4.71. The molecule has 1 atom stereocenters. The van der Waals surface area contributed by atoms with Gasteiger partial charge in [-0.05, 0) is 52.6 Å². The van der Waals surface area contributed by atoms with Gasteiger partial charge >= 0.3 is 0 Å². The largest absolute Gasteiger partial charge is 0.387 e. The smallest absolute Gasteiger partial charge is 0.255 e. The van der Waals surface area contributed by atoms with E-state index in [0.717, 1.165) is 22.6 Å². The number of hydrogen-bond acceptors (Lipinski definition) is 3. The predicted octanol–water partition coefficient (Wildman–Crippen LogP) is 2.23. The summed E-state index contributed by atoms with van der Waals surface area (Å²) in [7, 11) is 3.88. The molecule has 1 aromatic heterocycles. The lowest BCUT2D eigenvalue weighted by Crippen LogP contribution is -2.43. The maximum Gasteiger partial charge on any atom is 0.255 e. The molecule has 0 radical (unpaired) electrons. The second-order valence-electron chi connectivity index (χ2n) is 7.39. The quantitative estimate of drug-likeness (QED) is 0.928. The summed E-state index contributed by atoms with van der Waals surface area (Å²) in [6, 6.07) is 12.0. The van der Waals surface area contributed by atoms with Crippen LogP contribution in [0.25, 0.3) is 5.69 Å². The molecule has 1 fully saturated rings. The van der Waals surface area contributed by atoms with Crippen molar-refractivity contribution < 1.29 is 9.90 Å². The van der Waals surface area contributed by atoms with Crippen molar-refractivity contribution in [3.63, 3.8) is 0 Å². The summed E-state index contributed by atoms with van der Waals surface area (Å²) in [5.74, 6) is 0.00459. The number of nitrogens with zero attached hydrogens (tertiary/aromatic N) is 3. The molecule has 0 aliphatic carbocycles. The number of aryl methyl sites for hydroxylation is 1. The van der Waals surface area contributed by atoms with Gasteiger partial charge in [0.1, 0.15) is 0 Å². The topological polar surface area (TPSA) is 48.7 Å². The third-order valence-corrected chi connectivity index (χ3v) is 4.91. The molecule has 1 amide bonds. The third kappa shape index (κ3) is 3.48. The maximum atomic E-state index is 13.0. The molecular formula is C20H27N3O2. The Morgan fingerprint density at radius 2 is 1.92 bits per heavy atom. The molecular weight excluding hydrogens is 314 g/mol. The van der Waals surface area contributed by atoms with Crippen molar-refractivity contribution in [1.29, 1.82) is 0 Å². The Balaban J connectivity index is 1.85. The zero-order chi connectivity index (χ0) is 18.2. The first kappa shape index (κ1) is 17.7. The fraction of sp³-hybridized carbons (Fsp3) is 0.450. The first-order valence-corrected chi connectivity index (χ1v) is 8.71. The lowest BCUT2D eigenvalue weighted by Gasteiger charge is -2.26. The molecule has 5 heteroatoms. The number of likely N-dealkylation sites (tertiary alicyclic amines) is 1. The van der Waals surface area contributed by atoms with Crippen LogP contribution in [0.15, 0.2) is 36.4 Å². The Bertz CT molecular complexity index is 767. The van der Waals surface area contributed by atoms with Crippen molar-refractivity contribution in [3.05, 3.63) is 53.3 Å². The van der Waals surface area contributed by atoms with E-state index in [1.54, 1.807) is 4.90 Å². The van der Waals surface area contributed by atoms with Gasteiger partial charge in [-0.3, -0.25) is 4.79 Å². The Morgan fingerprint density at radius 1 is 1.24 bits per heavy atom. The highest BCUT2D eigenvalue weighted by atomic mass is 16.3. The van der Waals surface area contributed by atoms with Crippen LogP contribution in [0.1, 0.15) is 28.2 Å². The van der Waals surface area contributed by atoms with E-state index < -0.39 is 5.60 Å². The van der Waals surface area contributed by atoms with Gasteiger partial charge in [-0.15, -0.1) is 0 Å². The first-order chi connectivity index (χ1) is 11.8. The first-order valence-electron chi connectivity index (χ1n) is 8.71. The minimum absolute atomic E-state index is 0.00459. The van der Waals surface area contributed by atoms with E-state index in [1.807, 2.05) is 69.2 Å². The van der Waals surface area contributed by atoms with Gasteiger partial charge in [0.05, 0.1) is 17.7 Å². The van der Waals surface area contributed by atoms with Crippen LogP contribution in [0.3, 0.4) is 0 Å². The van der Waals surface area contributed by atoms with Crippen molar-refractivity contribution in [2.45, 2.75) is 25.9 Å². The van der Waals surface area contributed by atoms with Gasteiger partial charge < -0.3 is 19.5 Å². The molecule has 134 valence electrons. The van der Waals surface area contributed by atoms with Crippen molar-refractivity contribution >= 4 is 5.91 Å². The van der Waals surface area contributed by atoms with Gasteiger partial charge in [-0.25, -0.2) is 0 Å². The van der Waals surface area contributed by atoms with Gasteiger partial charge in [0, 0.05) is 30.2 Å². The fourth-order valence-electron chi connectivity index (χ4n) is 3.87. The molecule has 5 nitrogen and oxygen atoms in total. The van der Waals surface area contributed by atoms with Crippen LogP contribution in [-0.4, -0.2) is 64.7 Å². The molecule has 25 heavy (non-hydrogen) atoms. The van der Waals surface area contributed by atoms with E-state index in [1.165, 1.54) is 0 Å². The zero-order valence-electron chi connectivity index (χ0n) is 15.5. The fourth-order valence-corrected chi connectivity index (χ4v) is 3.87. The molecule has 0 saturated carbocycles. The van der Waals surface area contributed by atoms with Crippen LogP contribution < -0.4 is 0 Å². The van der Waals surface area contributed by atoms with Gasteiger partial charge in [0.2, 0.25) is 0 Å². The number of aliphatic hydroxyl groups is 1. The van der Waals surface area contributed by atoms with Crippen LogP contribution in [0.5, 0.6) is 0 Å². The Morgan fingerprint density at radius 3 is 2.56 bits per heavy atom. The third-order valence-electron chi connectivity index (χ3n) is 4.91. The van der Waals surface area contributed by atoms with Crippen molar-refractivity contribution in [2.24, 2.45) is 0 Å². The van der Waals surface area contributed by atoms with Crippen LogP contribution in [0, 0.1) is 13.8 Å². The molecule has 3 rings (SSSR count). The summed E-state index contributed by atoms with van der Waals surface area (Å²) < 4.78 is 2.11. The molecule has 1 N–H and O–H groups in total. The molecule has 1 aromatic carbocycles. The molecule has 1 aliphatic heterocycles. The number of β-amino-alcohol motifs (C(OH)–C–C–N with tert-alkyl or cyclic N) is 1. The van der Waals surface area contributed by atoms with Gasteiger partial charge in [-0.1, -0.05) is 18.2 Å². The predicted molar refractivity (Wildman–Crippen MR) is 99.3 cm³/mol. The van der Waals surface area contributed by atoms with E-state index in [2.05, 4.69) is 4.57 Å². The van der Waals surface area contributed by atoms with Crippen LogP contribution in [0.2, 0.25) is 0 Å². The van der Waals surface area contributed by atoms with E-state index >= 15 is 0 Å². The van der Waals surface area contributed by atoms with E-state index in [4.69, 9.17) is 0 Å². The Hall–Kier alpha value is -2.11. The second kappa shape index (κ2) is 6.65. The summed E-state index contributed by atoms with van der Waals surface area (Å²) in [5, 5.41) is 10.7. The van der Waals surface area contributed by atoms with Crippen molar-refractivity contribution in [2.75, 3.05) is 33.7 Å². The Labute approximate surface area is 149 Å². The minimum Gasteiger partial charge on any atom is -0.387 e. The molecule has 1 saturated heterocycles. The average molecular weight is 341 g/mol. The summed E-state index contributed by atoms with van der Waals surface area (Å²) in [5.41, 5.74) is 2.94. The van der Waals surface area contributed by atoms with E-state index in [9.17, 15) is 9.90 Å². The van der Waals surface area contributed by atoms with E-state index in [-0.39, 0.29) is 5.91 Å². The highest BCUT2D eigenvalue weighted by Gasteiger charge is 2.39. The normalized spacial score (nSPS) is 20.5. The summed E-state index contributed by atoms with van der Waals surface area (Å²) in [6.45, 7) is 5.55. The maximum absolute atomic E-state index is 13.0. The lowest BCUT2D eigenvalue weighted by molar-refractivity contribution is 0.0236. The second-order valence-corrected chi connectivity index (χ2v) is 7.39. The molecule has 1 aliphatic rings. The van der Waals surface area contributed by atoms with Crippen LogP contribution in [-0.2, 0) is 0 Å². The van der Waals surface area contributed by atoms with Crippen molar-refractivity contribution in [3.8, 4) is 5.69 Å². The minimum atomic E-state index is -0.815. The standard InChI is InChI=1S/C20H27N3O2/c1-15-12-18(16(2)23(15)17-8-6-5-7-9-17)19(24)22-11-10-20(25,14-22)13-21(3)4/h5-9,12,25H,10-11,13-14H2,1-4H3/t20-/m0/s1. The van der Waals surface area contributed by atoms with Crippen molar-refractivity contribution in [1.82, 2.24) is 14.4 Å². The summed E-state index contributed by atoms with van der Waals surface area (Å²) >= 11 is 0. The average Bonchev–Trinajstić information content (AvgIpc) is 3.07. The number of carbonyl (C=O) groups excluding carboxylic acids is 1. The lowest BCUT2D eigenvalue weighted by atomic mass is 10.0. The molecule has 2 aromatic rings. The highest BCUT2D eigenvalue weighted by molar-refractivity contribution is 5.96. The number of hydrogen-bond donors (Lipinski definition) is 1. The van der Waals surface area contributed by atoms with Crippen LogP contribution >= 0.6 is 0 Å². The zero-order valence-corrected chi connectivity index (χ0v) is 15.5. The monoisotopic (exact) mass is 341 g/mol. The molecule has 0 bridgehead atoms. The number of aromatic nitrogens is 1. The van der Waals surface area contributed by atoms with E-state index in [0.29, 0.717) is 26.1 Å². The number of likely N-dealkylation sites (N-methyl/N-ethyl adjacent to an activating group) is 1. The number of rotatable bonds is 4. The van der Waals surface area contributed by atoms with Crippen LogP contribution in [0.4, 0.5) is 0 Å². The molecule has 0 unspecified atom stereocenters. The highest BCUT2D eigenvalue weighted by Crippen LogP contribution is 2.27. The number of carbonyl (C=O) groups is 1. The SMILES string of the molecule is Cc1cc(C(=O)N2CC[C@](O)(CN(C)C)C2)c(C)n1-c1ccccc1. The molecule has 2 heterocycles. The number of benzene rings is 1. The number of para-hydroxylation sites is 1. The van der Waals surface area contributed by atoms with Gasteiger partial charge in [-0.2, -0.15) is 0 Å². The summed E-state index contributed by atoms with van der Waals surface area (Å²) in [4.78, 5) is 16.8.